The number of hydrogen-bond acceptors (Lipinski definition) is 5. The van der Waals surface area contributed by atoms with Crippen LogP contribution in [0.15, 0.2) is 41.0 Å². The predicted molar refractivity (Wildman–Crippen MR) is 111 cm³/mol. The van der Waals surface area contributed by atoms with Gasteiger partial charge in [0.1, 0.15) is 11.8 Å². The lowest BCUT2D eigenvalue weighted by atomic mass is 10.2. The van der Waals surface area contributed by atoms with E-state index in [1.54, 1.807) is 50.1 Å². The smallest absolute Gasteiger partial charge is 0.243 e. The van der Waals surface area contributed by atoms with E-state index in [9.17, 15) is 13.2 Å². The molecule has 0 saturated heterocycles. The Morgan fingerprint density at radius 2 is 2.11 bits per heavy atom. The predicted octanol–water partition coefficient (Wildman–Crippen LogP) is 3.45. The second-order valence-electron chi connectivity index (χ2n) is 6.09. The number of sulfonamides is 1. The van der Waals surface area contributed by atoms with Gasteiger partial charge in [-0.15, -0.1) is 0 Å². The minimum Gasteiger partial charge on any atom is -0.468 e. The topological polar surface area (TPSA) is 79.6 Å². The van der Waals surface area contributed by atoms with Crippen LogP contribution in [0.1, 0.15) is 18.2 Å². The van der Waals surface area contributed by atoms with Gasteiger partial charge in [0.15, 0.2) is 0 Å². The molecule has 2 aromatic rings. The third-order valence-corrected chi connectivity index (χ3v) is 6.31. The molecule has 148 valence electrons. The Bertz CT molecular complexity index is 869. The van der Waals surface area contributed by atoms with E-state index in [1.165, 1.54) is 0 Å². The van der Waals surface area contributed by atoms with Crippen LogP contribution in [0, 0.1) is 6.92 Å². The van der Waals surface area contributed by atoms with Crippen molar-refractivity contribution in [1.82, 2.24) is 5.32 Å². The molecule has 1 aromatic carbocycles. The van der Waals surface area contributed by atoms with Crippen LogP contribution in [0.3, 0.4) is 0 Å². The number of nitrogens with one attached hydrogen (secondary N) is 1. The first-order valence-corrected chi connectivity index (χ1v) is 11.7. The van der Waals surface area contributed by atoms with Crippen LogP contribution < -0.4 is 9.62 Å². The van der Waals surface area contributed by atoms with Gasteiger partial charge in [-0.25, -0.2) is 8.42 Å². The molecule has 9 heteroatoms. The average Bonchev–Trinajstić information content (AvgIpc) is 3.09. The highest BCUT2D eigenvalue weighted by Crippen LogP contribution is 2.28. The van der Waals surface area contributed by atoms with Gasteiger partial charge in [-0.2, -0.15) is 11.8 Å². The van der Waals surface area contributed by atoms with E-state index in [2.05, 4.69) is 5.32 Å². The number of carbonyl (C=O) groups is 1. The van der Waals surface area contributed by atoms with Crippen LogP contribution in [-0.2, 0) is 20.6 Å². The molecule has 0 radical (unpaired) electrons. The lowest BCUT2D eigenvalue weighted by Crippen LogP contribution is -2.48. The molecule has 0 fully saturated rings. The van der Waals surface area contributed by atoms with Crippen molar-refractivity contribution in [3.63, 3.8) is 0 Å². The van der Waals surface area contributed by atoms with Gasteiger partial charge in [0, 0.05) is 17.3 Å². The zero-order valence-corrected chi connectivity index (χ0v) is 17.8. The zero-order valence-electron chi connectivity index (χ0n) is 15.4. The minimum absolute atomic E-state index is 0.363. The van der Waals surface area contributed by atoms with E-state index in [0.717, 1.165) is 27.6 Å². The summed E-state index contributed by atoms with van der Waals surface area (Å²) in [5.41, 5.74) is 1.12. The summed E-state index contributed by atoms with van der Waals surface area (Å²) >= 11 is 7.65. The summed E-state index contributed by atoms with van der Waals surface area (Å²) in [6.07, 6.45) is 2.70. The Morgan fingerprint density at radius 1 is 1.37 bits per heavy atom. The van der Waals surface area contributed by atoms with Gasteiger partial charge in [0.25, 0.3) is 0 Å². The van der Waals surface area contributed by atoms with Crippen LogP contribution >= 0.6 is 23.4 Å². The summed E-state index contributed by atoms with van der Waals surface area (Å²) in [4.78, 5) is 12.5. The van der Waals surface area contributed by atoms with Crippen molar-refractivity contribution < 1.29 is 17.6 Å². The number of thioether (sulfide) groups is 1. The van der Waals surface area contributed by atoms with Crippen molar-refractivity contribution in [1.29, 1.82) is 0 Å². The summed E-state index contributed by atoms with van der Waals surface area (Å²) in [6, 6.07) is 7.79. The molecule has 1 heterocycles. The van der Waals surface area contributed by atoms with Gasteiger partial charge in [0.2, 0.25) is 15.9 Å². The van der Waals surface area contributed by atoms with Crippen molar-refractivity contribution in [2.24, 2.45) is 0 Å². The highest BCUT2D eigenvalue weighted by molar-refractivity contribution is 7.98. The van der Waals surface area contributed by atoms with Crippen molar-refractivity contribution >= 4 is 45.0 Å². The summed E-state index contributed by atoms with van der Waals surface area (Å²) in [6.45, 7) is 3.77. The maximum atomic E-state index is 12.5. The van der Waals surface area contributed by atoms with E-state index in [-0.39, 0.29) is 5.91 Å². The van der Waals surface area contributed by atoms with Gasteiger partial charge < -0.3 is 9.73 Å². The normalized spacial score (nSPS) is 12.6. The number of benzene rings is 1. The maximum absolute atomic E-state index is 12.5. The van der Waals surface area contributed by atoms with Crippen molar-refractivity contribution in [3.05, 3.63) is 52.9 Å². The minimum atomic E-state index is -3.67. The molecule has 0 bridgehead atoms. The highest BCUT2D eigenvalue weighted by atomic mass is 35.5. The molecule has 0 saturated carbocycles. The van der Waals surface area contributed by atoms with Crippen molar-refractivity contribution in [2.45, 2.75) is 25.6 Å². The molecule has 0 aliphatic rings. The molecule has 0 spiro atoms. The second kappa shape index (κ2) is 9.52. The summed E-state index contributed by atoms with van der Waals surface area (Å²) in [7, 11) is -3.67. The van der Waals surface area contributed by atoms with Crippen LogP contribution in [0.2, 0.25) is 5.02 Å². The van der Waals surface area contributed by atoms with Crippen LogP contribution in [-0.4, -0.2) is 38.9 Å². The number of anilines is 1. The molecule has 1 N–H and O–H groups in total. The Hall–Kier alpha value is -1.64. The zero-order chi connectivity index (χ0) is 20.0. The molecule has 6 nitrogen and oxygen atoms in total. The fourth-order valence-corrected chi connectivity index (χ4v) is 4.71. The van der Waals surface area contributed by atoms with Gasteiger partial charge in [-0.1, -0.05) is 17.7 Å². The monoisotopic (exact) mass is 430 g/mol. The lowest BCUT2D eigenvalue weighted by molar-refractivity contribution is -0.121. The number of amides is 1. The molecule has 0 aliphatic carbocycles. The number of rotatable bonds is 9. The average molecular weight is 431 g/mol. The van der Waals surface area contributed by atoms with Crippen molar-refractivity contribution in [3.8, 4) is 0 Å². The second-order valence-corrected chi connectivity index (χ2v) is 9.49. The van der Waals surface area contributed by atoms with E-state index < -0.39 is 16.1 Å². The SMILES string of the molecule is Cc1ccc(Cl)cc1N([C@@H](C)C(=O)NCCSCc1ccco1)S(C)(=O)=O. The molecular formula is C18H23ClN2O4S2. The van der Waals surface area contributed by atoms with E-state index in [1.807, 2.05) is 12.1 Å². The van der Waals surface area contributed by atoms with Crippen molar-refractivity contribution in [2.75, 3.05) is 22.9 Å². The van der Waals surface area contributed by atoms with E-state index in [4.69, 9.17) is 16.0 Å². The highest BCUT2D eigenvalue weighted by Gasteiger charge is 2.30. The van der Waals surface area contributed by atoms with Crippen LogP contribution in [0.5, 0.6) is 0 Å². The van der Waals surface area contributed by atoms with E-state index in [0.29, 0.717) is 23.0 Å². The molecule has 1 aromatic heterocycles. The standard InChI is InChI=1S/C18H23ClN2O4S2/c1-13-6-7-15(19)11-17(13)21(27(3,23)24)14(2)18(22)20-8-10-26-12-16-5-4-9-25-16/h4-7,9,11,14H,8,10,12H2,1-3H3,(H,20,22)/t14-/m0/s1. The number of aryl methyl sites for hydroxylation is 1. The molecular weight excluding hydrogens is 408 g/mol. The van der Waals surface area contributed by atoms with Gasteiger partial charge in [-0.05, 0) is 43.7 Å². The van der Waals surface area contributed by atoms with Gasteiger partial charge in [-0.3, -0.25) is 9.10 Å². The Labute approximate surface area is 169 Å². The fourth-order valence-electron chi connectivity index (χ4n) is 2.56. The Kier molecular flexibility index (Phi) is 7.64. The Morgan fingerprint density at radius 3 is 2.74 bits per heavy atom. The third-order valence-electron chi connectivity index (χ3n) is 3.87. The van der Waals surface area contributed by atoms with Gasteiger partial charge >= 0.3 is 0 Å². The maximum Gasteiger partial charge on any atom is 0.243 e. The molecule has 2 rings (SSSR count). The number of halogens is 1. The quantitative estimate of drug-likeness (QED) is 0.616. The number of carbonyl (C=O) groups excluding carboxylic acids is 1. The van der Waals surface area contributed by atoms with Crippen LogP contribution in [0.4, 0.5) is 5.69 Å². The summed E-state index contributed by atoms with van der Waals surface area (Å²) < 4.78 is 31.0. The summed E-state index contributed by atoms with van der Waals surface area (Å²) in [5.74, 6) is 1.92. The molecule has 0 unspecified atom stereocenters. The van der Waals surface area contributed by atoms with Crippen LogP contribution in [0.25, 0.3) is 0 Å². The lowest BCUT2D eigenvalue weighted by Gasteiger charge is -2.29. The molecule has 1 atom stereocenters. The molecule has 1 amide bonds. The van der Waals surface area contributed by atoms with Gasteiger partial charge in [0.05, 0.1) is 24.0 Å². The molecule has 0 aliphatic heterocycles. The number of hydrogen-bond donors (Lipinski definition) is 1. The first-order chi connectivity index (χ1) is 12.7. The summed E-state index contributed by atoms with van der Waals surface area (Å²) in [5, 5.41) is 3.20. The largest absolute Gasteiger partial charge is 0.468 e. The first-order valence-electron chi connectivity index (χ1n) is 8.33. The van der Waals surface area contributed by atoms with E-state index >= 15 is 0 Å². The number of nitrogens with zero attached hydrogens (tertiary/aromatic N) is 1. The Balaban J connectivity index is 1.99. The number of furan rings is 1. The molecule has 27 heavy (non-hydrogen) atoms. The fraction of sp³-hybridized carbons (Fsp3) is 0.389. The first kappa shape index (κ1) is 21.7. The third kappa shape index (κ3) is 6.19.